The first-order valence-electron chi connectivity index (χ1n) is 6.24. The fourth-order valence-electron chi connectivity index (χ4n) is 1.97. The van der Waals surface area contributed by atoms with Crippen LogP contribution in [0.5, 0.6) is 5.75 Å². The van der Waals surface area contributed by atoms with Crippen LogP contribution in [0.1, 0.15) is 11.9 Å². The van der Waals surface area contributed by atoms with Gasteiger partial charge in [0.15, 0.2) is 6.29 Å². The lowest BCUT2D eigenvalue weighted by Gasteiger charge is -2.34. The number of ether oxygens (including phenoxy) is 2. The Morgan fingerprint density at radius 1 is 1.05 bits per heavy atom. The van der Waals surface area contributed by atoms with Crippen molar-refractivity contribution < 1.29 is 35.0 Å². The van der Waals surface area contributed by atoms with E-state index < -0.39 is 37.3 Å². The van der Waals surface area contributed by atoms with Gasteiger partial charge in [0, 0.05) is 5.56 Å². The van der Waals surface area contributed by atoms with Crippen LogP contribution >= 0.6 is 0 Å². The molecule has 5 atom stereocenters. The van der Waals surface area contributed by atoms with Crippen LogP contribution in [0, 0.1) is 0 Å². The monoisotopic (exact) mass is 286 g/mol. The van der Waals surface area contributed by atoms with E-state index in [0.717, 1.165) is 0 Å². The Morgan fingerprint density at radius 3 is 2.30 bits per heavy atom. The van der Waals surface area contributed by atoms with E-state index in [1.807, 2.05) is 0 Å². The standard InChI is InChI=1S/C13H18O7/c14-5-10-12(18)11(17)9(16)6-19-13(20-10)7-1-3-8(15)4-2-7/h1-4,9-18H,5-6H2/t9-,10+,11-,12-,13?/m0/s1. The van der Waals surface area contributed by atoms with Crippen LogP contribution in [-0.2, 0) is 9.47 Å². The third kappa shape index (κ3) is 3.26. The number of hydrogen-bond donors (Lipinski definition) is 5. The molecule has 7 nitrogen and oxygen atoms in total. The van der Waals surface area contributed by atoms with Crippen LogP contribution in [0.15, 0.2) is 24.3 Å². The van der Waals surface area contributed by atoms with E-state index in [0.29, 0.717) is 5.56 Å². The van der Waals surface area contributed by atoms with Crippen molar-refractivity contribution in [2.75, 3.05) is 13.2 Å². The van der Waals surface area contributed by atoms with Crippen molar-refractivity contribution in [2.24, 2.45) is 0 Å². The second-order valence-corrected chi connectivity index (χ2v) is 4.66. The Morgan fingerprint density at radius 2 is 1.70 bits per heavy atom. The quantitative estimate of drug-likeness (QED) is 0.467. The maximum atomic E-state index is 9.83. The first-order valence-corrected chi connectivity index (χ1v) is 6.24. The van der Waals surface area contributed by atoms with Crippen molar-refractivity contribution >= 4 is 0 Å². The summed E-state index contributed by atoms with van der Waals surface area (Å²) in [6.45, 7) is -0.773. The highest BCUT2D eigenvalue weighted by Crippen LogP contribution is 2.27. The zero-order chi connectivity index (χ0) is 14.7. The number of aliphatic hydroxyl groups is 4. The van der Waals surface area contributed by atoms with E-state index in [1.165, 1.54) is 12.1 Å². The van der Waals surface area contributed by atoms with E-state index in [4.69, 9.17) is 9.47 Å². The van der Waals surface area contributed by atoms with Gasteiger partial charge in [-0.3, -0.25) is 0 Å². The van der Waals surface area contributed by atoms with E-state index in [9.17, 15) is 25.5 Å². The Balaban J connectivity index is 2.19. The van der Waals surface area contributed by atoms with E-state index >= 15 is 0 Å². The molecule has 0 radical (unpaired) electrons. The molecule has 0 aromatic heterocycles. The molecule has 0 saturated carbocycles. The zero-order valence-electron chi connectivity index (χ0n) is 10.7. The molecule has 5 N–H and O–H groups in total. The fourth-order valence-corrected chi connectivity index (χ4v) is 1.97. The van der Waals surface area contributed by atoms with Crippen molar-refractivity contribution in [3.8, 4) is 5.75 Å². The van der Waals surface area contributed by atoms with E-state index in [1.54, 1.807) is 12.1 Å². The van der Waals surface area contributed by atoms with Crippen molar-refractivity contribution in [3.05, 3.63) is 29.8 Å². The van der Waals surface area contributed by atoms with Gasteiger partial charge in [-0.15, -0.1) is 0 Å². The second-order valence-electron chi connectivity index (χ2n) is 4.66. The van der Waals surface area contributed by atoms with Gasteiger partial charge in [0.05, 0.1) is 13.2 Å². The minimum atomic E-state index is -1.46. The lowest BCUT2D eigenvalue weighted by atomic mass is 10.0. The molecular formula is C13H18O7. The summed E-state index contributed by atoms with van der Waals surface area (Å²) in [6.07, 6.45) is -6.21. The second kappa shape index (κ2) is 6.49. The summed E-state index contributed by atoms with van der Waals surface area (Å²) in [5, 5.41) is 47.6. The molecular weight excluding hydrogens is 268 g/mol. The minimum absolute atomic E-state index is 0.0776. The zero-order valence-corrected chi connectivity index (χ0v) is 10.7. The number of phenolic OH excluding ortho intramolecular Hbond substituents is 1. The van der Waals surface area contributed by atoms with Crippen molar-refractivity contribution in [2.45, 2.75) is 30.7 Å². The number of phenols is 1. The highest BCUT2D eigenvalue weighted by atomic mass is 16.7. The molecule has 0 amide bonds. The molecule has 1 heterocycles. The van der Waals surface area contributed by atoms with Gasteiger partial charge in [-0.1, -0.05) is 12.1 Å². The first-order chi connectivity index (χ1) is 9.52. The third-order valence-electron chi connectivity index (χ3n) is 3.19. The summed E-state index contributed by atoms with van der Waals surface area (Å²) < 4.78 is 10.8. The molecule has 0 bridgehead atoms. The molecule has 1 aromatic rings. The molecule has 0 spiro atoms. The molecule has 1 aliphatic rings. The van der Waals surface area contributed by atoms with E-state index in [2.05, 4.69) is 0 Å². The number of aromatic hydroxyl groups is 1. The predicted molar refractivity (Wildman–Crippen MR) is 66.8 cm³/mol. The molecule has 1 unspecified atom stereocenters. The first kappa shape index (κ1) is 15.2. The summed E-state index contributed by atoms with van der Waals surface area (Å²) in [5.41, 5.74) is 0.553. The normalized spacial score (nSPS) is 35.3. The number of benzene rings is 1. The lowest BCUT2D eigenvalue weighted by molar-refractivity contribution is -0.256. The molecule has 0 aliphatic carbocycles. The number of rotatable bonds is 2. The van der Waals surface area contributed by atoms with E-state index in [-0.39, 0.29) is 12.4 Å². The van der Waals surface area contributed by atoms with Gasteiger partial charge in [0.2, 0.25) is 0 Å². The van der Waals surface area contributed by atoms with Crippen LogP contribution in [0.4, 0.5) is 0 Å². The van der Waals surface area contributed by atoms with Gasteiger partial charge in [0.1, 0.15) is 30.2 Å². The van der Waals surface area contributed by atoms with Gasteiger partial charge in [-0.25, -0.2) is 0 Å². The lowest BCUT2D eigenvalue weighted by Crippen LogP contribution is -2.51. The largest absolute Gasteiger partial charge is 0.508 e. The Hall–Kier alpha value is -1.22. The molecule has 112 valence electrons. The fraction of sp³-hybridized carbons (Fsp3) is 0.538. The third-order valence-corrected chi connectivity index (χ3v) is 3.19. The Labute approximate surface area is 115 Å². The van der Waals surface area contributed by atoms with Gasteiger partial charge in [-0.05, 0) is 12.1 Å². The van der Waals surface area contributed by atoms with Crippen LogP contribution in [0.25, 0.3) is 0 Å². The predicted octanol–water partition coefficient (Wildman–Crippen LogP) is -1.12. The SMILES string of the molecule is OC[C@H]1OC(c2ccc(O)cc2)OC[C@H](O)[C@H](O)[C@H]1O. The summed E-state index contributed by atoms with van der Waals surface area (Å²) in [7, 11) is 0. The van der Waals surface area contributed by atoms with Crippen LogP contribution in [0.2, 0.25) is 0 Å². The summed E-state index contributed by atoms with van der Waals surface area (Å²) >= 11 is 0. The Bertz CT molecular complexity index is 421. The topological polar surface area (TPSA) is 120 Å². The summed E-state index contributed by atoms with van der Waals surface area (Å²) in [4.78, 5) is 0. The number of hydrogen-bond acceptors (Lipinski definition) is 7. The molecule has 20 heavy (non-hydrogen) atoms. The highest BCUT2D eigenvalue weighted by molar-refractivity contribution is 5.26. The maximum absolute atomic E-state index is 9.83. The number of aliphatic hydroxyl groups excluding tert-OH is 4. The summed E-state index contributed by atoms with van der Waals surface area (Å²) in [6, 6.07) is 6.00. The molecule has 1 aliphatic heterocycles. The van der Waals surface area contributed by atoms with Crippen molar-refractivity contribution in [1.82, 2.24) is 0 Å². The Kier molecular flexibility index (Phi) is 4.92. The smallest absolute Gasteiger partial charge is 0.184 e. The van der Waals surface area contributed by atoms with Crippen molar-refractivity contribution in [3.63, 3.8) is 0 Å². The summed E-state index contributed by atoms with van der Waals surface area (Å²) in [5.74, 6) is 0.0776. The van der Waals surface area contributed by atoms with Gasteiger partial charge in [-0.2, -0.15) is 0 Å². The molecule has 1 saturated heterocycles. The maximum Gasteiger partial charge on any atom is 0.184 e. The molecule has 7 heteroatoms. The minimum Gasteiger partial charge on any atom is -0.508 e. The average Bonchev–Trinajstić information content (AvgIpc) is 2.46. The van der Waals surface area contributed by atoms with Crippen LogP contribution < -0.4 is 0 Å². The average molecular weight is 286 g/mol. The molecule has 1 aromatic carbocycles. The molecule has 2 rings (SSSR count). The van der Waals surface area contributed by atoms with Gasteiger partial charge in [0.25, 0.3) is 0 Å². The van der Waals surface area contributed by atoms with Crippen molar-refractivity contribution in [1.29, 1.82) is 0 Å². The highest BCUT2D eigenvalue weighted by Gasteiger charge is 2.36. The molecule has 1 fully saturated rings. The van der Waals surface area contributed by atoms with Gasteiger partial charge >= 0.3 is 0 Å². The van der Waals surface area contributed by atoms with Crippen LogP contribution in [-0.4, -0.2) is 63.2 Å². The van der Waals surface area contributed by atoms with Gasteiger partial charge < -0.3 is 35.0 Å². The van der Waals surface area contributed by atoms with Crippen LogP contribution in [0.3, 0.4) is 0 Å².